The number of rotatable bonds is 2. The first-order valence-corrected chi connectivity index (χ1v) is 8.80. The number of carbonyl (C=O) groups is 2. The predicted molar refractivity (Wildman–Crippen MR) is 106 cm³/mol. The van der Waals surface area contributed by atoms with Crippen molar-refractivity contribution in [3.8, 4) is 5.75 Å². The third-order valence-corrected chi connectivity index (χ3v) is 4.59. The molecule has 1 aromatic heterocycles. The van der Waals surface area contributed by atoms with E-state index in [4.69, 9.17) is 20.8 Å². The van der Waals surface area contributed by atoms with Crippen LogP contribution in [-0.2, 0) is 4.79 Å². The maximum Gasteiger partial charge on any atom is 0.336 e. The van der Waals surface area contributed by atoms with Gasteiger partial charge in [-0.3, -0.25) is 9.59 Å². The Morgan fingerprint density at radius 3 is 2.54 bits per heavy atom. The van der Waals surface area contributed by atoms with E-state index in [2.05, 4.69) is 5.32 Å². The van der Waals surface area contributed by atoms with Gasteiger partial charge >= 0.3 is 5.63 Å². The van der Waals surface area contributed by atoms with E-state index in [9.17, 15) is 14.4 Å². The van der Waals surface area contributed by atoms with E-state index in [1.807, 2.05) is 0 Å². The number of nitrogens with one attached hydrogen (secondary N) is 1. The van der Waals surface area contributed by atoms with Crippen molar-refractivity contribution in [3.05, 3.63) is 74.3 Å². The molecule has 140 valence electrons. The highest BCUT2D eigenvalue weighted by Gasteiger charge is 2.34. The number of Topliss-reactive ketones (excluding diaryl/α,β-unsaturated/α-hetero) is 1. The van der Waals surface area contributed by atoms with Crippen LogP contribution in [0, 0.1) is 6.92 Å². The van der Waals surface area contributed by atoms with Crippen molar-refractivity contribution in [1.82, 2.24) is 0 Å². The normalized spacial score (nSPS) is 14.2. The molecular formula is C21H14ClNO5. The van der Waals surface area contributed by atoms with Crippen LogP contribution in [0.4, 0.5) is 5.69 Å². The number of anilines is 1. The molecule has 0 spiro atoms. The largest absolute Gasteiger partial charge is 0.450 e. The number of allylic oxidation sites excluding steroid dienone is 1. The number of hydrogen-bond acceptors (Lipinski definition) is 5. The van der Waals surface area contributed by atoms with Crippen molar-refractivity contribution in [2.45, 2.75) is 13.8 Å². The molecule has 0 radical (unpaired) electrons. The zero-order chi connectivity index (χ0) is 20.0. The van der Waals surface area contributed by atoms with Crippen LogP contribution in [0.3, 0.4) is 0 Å². The minimum Gasteiger partial charge on any atom is -0.450 e. The Morgan fingerprint density at radius 1 is 1.14 bits per heavy atom. The third-order valence-electron chi connectivity index (χ3n) is 4.34. The molecule has 1 aliphatic heterocycles. The summed E-state index contributed by atoms with van der Waals surface area (Å²) in [6, 6.07) is 9.84. The van der Waals surface area contributed by atoms with E-state index in [-0.39, 0.29) is 28.6 Å². The van der Waals surface area contributed by atoms with Crippen molar-refractivity contribution >= 4 is 46.0 Å². The van der Waals surface area contributed by atoms with Gasteiger partial charge < -0.3 is 14.5 Å². The van der Waals surface area contributed by atoms with Gasteiger partial charge in [0.05, 0.1) is 5.69 Å². The number of ether oxygens (including phenoxy) is 1. The maximum absolute atomic E-state index is 13.0. The molecule has 1 amide bonds. The molecule has 3 aromatic rings. The molecule has 0 bridgehead atoms. The summed E-state index contributed by atoms with van der Waals surface area (Å²) < 4.78 is 11.1. The Bertz CT molecular complexity index is 1240. The maximum atomic E-state index is 13.0. The van der Waals surface area contributed by atoms with Crippen LogP contribution in [0.2, 0.25) is 5.02 Å². The summed E-state index contributed by atoms with van der Waals surface area (Å²) in [4.78, 5) is 36.5. The lowest BCUT2D eigenvalue weighted by Crippen LogP contribution is -2.08. The van der Waals surface area contributed by atoms with Crippen molar-refractivity contribution in [1.29, 1.82) is 0 Å². The van der Waals surface area contributed by atoms with Gasteiger partial charge in [-0.15, -0.1) is 0 Å². The summed E-state index contributed by atoms with van der Waals surface area (Å²) >= 11 is 5.89. The lowest BCUT2D eigenvalue weighted by atomic mass is 10.0. The van der Waals surface area contributed by atoms with E-state index in [1.165, 1.54) is 13.0 Å². The van der Waals surface area contributed by atoms with E-state index in [1.54, 1.807) is 43.3 Å². The molecule has 0 aliphatic carbocycles. The first-order chi connectivity index (χ1) is 13.3. The standard InChI is InChI=1S/C21H14ClNO5/c1-10-7-17(25)28-20-14(10)9-15(23-11(2)24)21-18(20)19(26)16(27-21)8-12-3-5-13(22)6-4-12/h3-9H,1-2H3,(H,23,24). The molecule has 6 nitrogen and oxygen atoms in total. The van der Waals surface area contributed by atoms with Crippen molar-refractivity contribution in [3.63, 3.8) is 0 Å². The van der Waals surface area contributed by atoms with Gasteiger partial charge in [0.2, 0.25) is 11.7 Å². The molecular weight excluding hydrogens is 382 g/mol. The number of carbonyl (C=O) groups excluding carboxylic acids is 2. The zero-order valence-electron chi connectivity index (χ0n) is 15.0. The molecule has 0 atom stereocenters. The van der Waals surface area contributed by atoms with Crippen LogP contribution < -0.4 is 15.7 Å². The summed E-state index contributed by atoms with van der Waals surface area (Å²) in [6.45, 7) is 3.09. The highest BCUT2D eigenvalue weighted by atomic mass is 35.5. The van der Waals surface area contributed by atoms with Gasteiger partial charge in [0.25, 0.3) is 0 Å². The van der Waals surface area contributed by atoms with Gasteiger partial charge in [0.15, 0.2) is 17.1 Å². The Kier molecular flexibility index (Phi) is 4.28. The van der Waals surface area contributed by atoms with E-state index in [0.29, 0.717) is 27.2 Å². The quantitative estimate of drug-likeness (QED) is 0.515. The summed E-state index contributed by atoms with van der Waals surface area (Å²) in [6.07, 6.45) is 1.57. The van der Waals surface area contributed by atoms with Crippen molar-refractivity contribution in [2.75, 3.05) is 5.32 Å². The minimum atomic E-state index is -0.567. The first kappa shape index (κ1) is 18.0. The summed E-state index contributed by atoms with van der Waals surface area (Å²) in [7, 11) is 0. The number of halogens is 1. The van der Waals surface area contributed by atoms with Gasteiger partial charge in [-0.2, -0.15) is 0 Å². The number of aryl methyl sites for hydroxylation is 1. The Balaban J connectivity index is 1.94. The predicted octanol–water partition coefficient (Wildman–Crippen LogP) is 4.33. The average molecular weight is 396 g/mol. The number of benzene rings is 2. The second kappa shape index (κ2) is 6.65. The van der Waals surface area contributed by atoms with E-state index in [0.717, 1.165) is 0 Å². The van der Waals surface area contributed by atoms with Crippen molar-refractivity contribution < 1.29 is 18.7 Å². The van der Waals surface area contributed by atoms with E-state index < -0.39 is 11.4 Å². The average Bonchev–Trinajstić information content (AvgIpc) is 2.95. The number of fused-ring (bicyclic) bond motifs is 3. The van der Waals surface area contributed by atoms with Crippen LogP contribution in [0.5, 0.6) is 5.75 Å². The fourth-order valence-electron chi connectivity index (χ4n) is 3.11. The smallest absolute Gasteiger partial charge is 0.336 e. The summed E-state index contributed by atoms with van der Waals surface area (Å²) in [5, 5.41) is 3.79. The van der Waals surface area contributed by atoms with Gasteiger partial charge in [-0.25, -0.2) is 4.79 Å². The van der Waals surface area contributed by atoms with Gasteiger partial charge in [0.1, 0.15) is 5.56 Å². The van der Waals surface area contributed by atoms with Crippen molar-refractivity contribution in [2.24, 2.45) is 0 Å². The highest BCUT2D eigenvalue weighted by molar-refractivity contribution is 6.30. The lowest BCUT2D eigenvalue weighted by Gasteiger charge is -2.10. The fraction of sp³-hybridized carbons (Fsp3) is 0.0952. The van der Waals surface area contributed by atoms with Crippen LogP contribution in [-0.4, -0.2) is 11.7 Å². The van der Waals surface area contributed by atoms with Gasteiger partial charge in [-0.05, 0) is 42.3 Å². The third kappa shape index (κ3) is 3.08. The molecule has 0 unspecified atom stereocenters. The molecule has 7 heteroatoms. The van der Waals surface area contributed by atoms with Crippen LogP contribution in [0.1, 0.15) is 28.4 Å². The molecule has 0 saturated carbocycles. The zero-order valence-corrected chi connectivity index (χ0v) is 15.7. The SMILES string of the molecule is CC(=O)Nc1cc2c(C)cc(=O)oc2c2c1OC(=Cc1ccc(Cl)cc1)C2=O. The lowest BCUT2D eigenvalue weighted by molar-refractivity contribution is -0.114. The second-order valence-corrected chi connectivity index (χ2v) is 6.86. The molecule has 1 aliphatic rings. The van der Waals surface area contributed by atoms with Crippen LogP contribution >= 0.6 is 11.6 Å². The Morgan fingerprint density at radius 2 is 1.86 bits per heavy atom. The Labute approximate surface area is 164 Å². The topological polar surface area (TPSA) is 85.6 Å². The molecule has 0 saturated heterocycles. The Hall–Kier alpha value is -3.38. The number of hydrogen-bond donors (Lipinski definition) is 1. The minimum absolute atomic E-state index is 0.0561. The summed E-state index contributed by atoms with van der Waals surface area (Å²) in [5.74, 6) is -0.541. The van der Waals surface area contributed by atoms with Gasteiger partial charge in [0, 0.05) is 23.4 Å². The number of ketones is 1. The second-order valence-electron chi connectivity index (χ2n) is 6.43. The molecule has 0 fully saturated rings. The van der Waals surface area contributed by atoms with Crippen LogP contribution in [0.25, 0.3) is 17.0 Å². The van der Waals surface area contributed by atoms with E-state index >= 15 is 0 Å². The summed E-state index contributed by atoms with van der Waals surface area (Å²) in [5.41, 5.74) is 1.36. The van der Waals surface area contributed by atoms with Gasteiger partial charge in [-0.1, -0.05) is 23.7 Å². The van der Waals surface area contributed by atoms with Crippen LogP contribution in [0.15, 0.2) is 51.4 Å². The first-order valence-electron chi connectivity index (χ1n) is 8.42. The number of amides is 1. The molecule has 4 rings (SSSR count). The molecule has 28 heavy (non-hydrogen) atoms. The monoisotopic (exact) mass is 395 g/mol. The molecule has 2 aromatic carbocycles. The highest BCUT2D eigenvalue weighted by Crippen LogP contribution is 2.43. The molecule has 2 heterocycles. The molecule has 1 N–H and O–H groups in total. The fourth-order valence-corrected chi connectivity index (χ4v) is 3.24.